The summed E-state index contributed by atoms with van der Waals surface area (Å²) in [6.45, 7) is 0.778. The molecule has 0 fully saturated rings. The summed E-state index contributed by atoms with van der Waals surface area (Å²) in [6, 6.07) is 5.87. The lowest BCUT2D eigenvalue weighted by Crippen LogP contribution is -2.52. The molecule has 2 atom stereocenters. The number of carbonyl (C=O) groups is 1. The number of sulfone groups is 1. The van der Waals surface area contributed by atoms with E-state index < -0.39 is 71.7 Å². The van der Waals surface area contributed by atoms with E-state index in [1.807, 2.05) is 0 Å². The number of benzene rings is 2. The average Bonchev–Trinajstić information content (AvgIpc) is 2.83. The maximum absolute atomic E-state index is 13.7. The first-order valence-corrected chi connectivity index (χ1v) is 14.7. The number of hydrogen-bond donors (Lipinski definition) is 0. The fraction of sp³-hybridized carbons (Fsp3) is 0.304. The SMILES string of the molecule is COCN(C1C(C(=O)c2ccccc2S(C)(=O)=O)=NC=C(Cl)C1C)S(=O)(=O)c1ccc(Cl)c(C(F)(F)F)c1. The number of sulfonamides is 1. The van der Waals surface area contributed by atoms with Gasteiger partial charge in [0.05, 0.1) is 26.4 Å². The van der Waals surface area contributed by atoms with Crippen molar-refractivity contribution in [1.29, 1.82) is 0 Å². The molecule has 2 aromatic rings. The summed E-state index contributed by atoms with van der Waals surface area (Å²) in [6.07, 6.45) is -2.92. The lowest BCUT2D eigenvalue weighted by atomic mass is 9.90. The van der Waals surface area contributed by atoms with Crippen LogP contribution in [0.2, 0.25) is 5.02 Å². The Hall–Kier alpha value is -2.29. The molecule has 8 nitrogen and oxygen atoms in total. The third-order valence-corrected chi connectivity index (χ3v) is 9.42. The number of rotatable bonds is 8. The molecular formula is C23H21Cl2F3N2O6S2. The second kappa shape index (κ2) is 11.1. The van der Waals surface area contributed by atoms with Crippen LogP contribution in [0.3, 0.4) is 0 Å². The van der Waals surface area contributed by atoms with Crippen molar-refractivity contribution in [1.82, 2.24) is 4.31 Å². The van der Waals surface area contributed by atoms with Gasteiger partial charge in [0.15, 0.2) is 9.84 Å². The molecule has 0 aromatic heterocycles. The molecule has 38 heavy (non-hydrogen) atoms. The first-order chi connectivity index (χ1) is 17.5. The summed E-state index contributed by atoms with van der Waals surface area (Å²) in [5.74, 6) is -1.83. The minimum atomic E-state index is -4.95. The zero-order valence-corrected chi connectivity index (χ0v) is 23.2. The largest absolute Gasteiger partial charge is 0.417 e. The highest BCUT2D eigenvalue weighted by Crippen LogP contribution is 2.38. The Morgan fingerprint density at radius 1 is 1.11 bits per heavy atom. The topological polar surface area (TPSA) is 110 Å². The molecule has 0 saturated heterocycles. The van der Waals surface area contributed by atoms with Gasteiger partial charge in [-0.2, -0.15) is 17.5 Å². The predicted molar refractivity (Wildman–Crippen MR) is 136 cm³/mol. The molecule has 2 unspecified atom stereocenters. The highest BCUT2D eigenvalue weighted by Gasteiger charge is 2.44. The second-order valence-electron chi connectivity index (χ2n) is 8.31. The molecule has 15 heteroatoms. The molecule has 2 aromatic carbocycles. The minimum Gasteiger partial charge on any atom is -0.368 e. The summed E-state index contributed by atoms with van der Waals surface area (Å²) in [4.78, 5) is 16.6. The van der Waals surface area contributed by atoms with E-state index in [1.54, 1.807) is 0 Å². The number of ether oxygens (including phenoxy) is 1. The monoisotopic (exact) mass is 612 g/mol. The van der Waals surface area contributed by atoms with Gasteiger partial charge in [0.25, 0.3) is 0 Å². The number of methoxy groups -OCH3 is 1. The normalized spacial score (nSPS) is 18.8. The quantitative estimate of drug-likeness (QED) is 0.313. The van der Waals surface area contributed by atoms with Gasteiger partial charge in [0, 0.05) is 36.1 Å². The molecule has 0 amide bonds. The molecule has 3 rings (SSSR count). The van der Waals surface area contributed by atoms with E-state index in [0.717, 1.165) is 31.7 Å². The van der Waals surface area contributed by atoms with Crippen LogP contribution < -0.4 is 0 Å². The average molecular weight is 613 g/mol. The number of hydrogen-bond acceptors (Lipinski definition) is 7. The van der Waals surface area contributed by atoms with Gasteiger partial charge in [-0.05, 0) is 30.3 Å². The highest BCUT2D eigenvalue weighted by atomic mass is 35.5. The van der Waals surface area contributed by atoms with Crippen LogP contribution in [0.5, 0.6) is 0 Å². The molecule has 206 valence electrons. The first kappa shape index (κ1) is 30.3. The van der Waals surface area contributed by atoms with Crippen LogP contribution >= 0.6 is 23.2 Å². The van der Waals surface area contributed by atoms with E-state index in [1.165, 1.54) is 31.2 Å². The molecule has 1 aliphatic heterocycles. The van der Waals surface area contributed by atoms with Crippen molar-refractivity contribution in [3.05, 3.63) is 69.8 Å². The molecule has 1 aliphatic rings. The molecule has 1 heterocycles. The zero-order chi connectivity index (χ0) is 28.6. The van der Waals surface area contributed by atoms with Gasteiger partial charge in [0.2, 0.25) is 15.8 Å². The molecular weight excluding hydrogens is 592 g/mol. The summed E-state index contributed by atoms with van der Waals surface area (Å²) >= 11 is 11.9. The first-order valence-electron chi connectivity index (χ1n) is 10.7. The Bertz CT molecular complexity index is 1540. The number of Topliss-reactive ketones (excluding diaryl/α,β-unsaturated/α-hetero) is 1. The van der Waals surface area contributed by atoms with Crippen molar-refractivity contribution in [2.24, 2.45) is 10.9 Å². The van der Waals surface area contributed by atoms with Crippen LogP contribution in [0.15, 0.2) is 68.5 Å². The van der Waals surface area contributed by atoms with Crippen molar-refractivity contribution >= 4 is 54.6 Å². The lowest BCUT2D eigenvalue weighted by Gasteiger charge is -2.36. The van der Waals surface area contributed by atoms with Gasteiger partial charge >= 0.3 is 6.18 Å². The van der Waals surface area contributed by atoms with Gasteiger partial charge < -0.3 is 4.74 Å². The molecule has 0 bridgehead atoms. The second-order valence-corrected chi connectivity index (χ2v) is 13.0. The van der Waals surface area contributed by atoms with Gasteiger partial charge in [-0.3, -0.25) is 9.79 Å². The van der Waals surface area contributed by atoms with Crippen LogP contribution in [-0.4, -0.2) is 58.8 Å². The highest BCUT2D eigenvalue weighted by molar-refractivity contribution is 7.90. The molecule has 0 saturated carbocycles. The van der Waals surface area contributed by atoms with E-state index in [4.69, 9.17) is 27.9 Å². The van der Waals surface area contributed by atoms with E-state index in [2.05, 4.69) is 4.99 Å². The Morgan fingerprint density at radius 2 is 1.74 bits per heavy atom. The summed E-state index contributed by atoms with van der Waals surface area (Å²) < 4.78 is 98.1. The minimum absolute atomic E-state index is 0.0475. The standard InChI is InChI=1S/C23H21Cl2F3N2O6S2/c1-13-18(25)11-29-20(22(31)15-6-4-5-7-19(15)37(3,32)33)21(13)30(12-36-2)38(34,35)14-8-9-17(24)16(10-14)23(26,27)28/h4-11,13,21H,12H2,1-3H3. The van der Waals surface area contributed by atoms with Crippen LogP contribution in [0, 0.1) is 5.92 Å². The van der Waals surface area contributed by atoms with E-state index in [-0.39, 0.29) is 15.5 Å². The van der Waals surface area contributed by atoms with Crippen molar-refractivity contribution in [2.75, 3.05) is 20.1 Å². The van der Waals surface area contributed by atoms with Gasteiger partial charge in [-0.1, -0.05) is 42.3 Å². The fourth-order valence-corrected chi connectivity index (χ4v) is 6.73. The molecule has 0 aliphatic carbocycles. The van der Waals surface area contributed by atoms with E-state index >= 15 is 0 Å². The maximum Gasteiger partial charge on any atom is 0.417 e. The van der Waals surface area contributed by atoms with Crippen LogP contribution in [0.25, 0.3) is 0 Å². The number of halogens is 5. The molecule has 0 N–H and O–H groups in total. The molecule has 0 radical (unpaired) electrons. The van der Waals surface area contributed by atoms with Gasteiger partial charge in [-0.25, -0.2) is 16.8 Å². The van der Waals surface area contributed by atoms with Crippen molar-refractivity contribution in [2.45, 2.75) is 28.9 Å². The van der Waals surface area contributed by atoms with Crippen molar-refractivity contribution in [3.63, 3.8) is 0 Å². The predicted octanol–water partition coefficient (Wildman–Crippen LogP) is 4.78. The lowest BCUT2D eigenvalue weighted by molar-refractivity contribution is -0.137. The third kappa shape index (κ3) is 5.97. The van der Waals surface area contributed by atoms with Crippen LogP contribution in [0.4, 0.5) is 13.2 Å². The van der Waals surface area contributed by atoms with E-state index in [9.17, 15) is 34.8 Å². The Kier molecular flexibility index (Phi) is 8.81. The van der Waals surface area contributed by atoms with Crippen LogP contribution in [0.1, 0.15) is 22.8 Å². The number of nitrogens with zero attached hydrogens (tertiary/aromatic N) is 2. The Labute approximate surface area is 227 Å². The Balaban J connectivity index is 2.21. The summed E-state index contributed by atoms with van der Waals surface area (Å²) in [5.41, 5.74) is -2.04. The smallest absolute Gasteiger partial charge is 0.368 e. The van der Waals surface area contributed by atoms with Crippen LogP contribution in [-0.2, 0) is 30.8 Å². The number of alkyl halides is 3. The third-order valence-electron chi connectivity index (χ3n) is 5.70. The number of ketones is 1. The summed E-state index contributed by atoms with van der Waals surface area (Å²) in [7, 11) is -7.52. The van der Waals surface area contributed by atoms with Crippen molar-refractivity contribution in [3.8, 4) is 0 Å². The fourth-order valence-electron chi connectivity index (χ4n) is 3.85. The van der Waals surface area contributed by atoms with Crippen molar-refractivity contribution < 1.29 is 39.5 Å². The van der Waals surface area contributed by atoms with Gasteiger partial charge in [-0.15, -0.1) is 0 Å². The Morgan fingerprint density at radius 3 is 2.32 bits per heavy atom. The summed E-state index contributed by atoms with van der Waals surface area (Å²) in [5, 5.41) is -0.659. The zero-order valence-electron chi connectivity index (χ0n) is 20.0. The van der Waals surface area contributed by atoms with E-state index in [0.29, 0.717) is 10.4 Å². The number of carbonyl (C=O) groups excluding carboxylic acids is 1. The molecule has 0 spiro atoms. The maximum atomic E-state index is 13.7. The number of aliphatic imine (C=N–C) groups is 1. The van der Waals surface area contributed by atoms with Gasteiger partial charge in [0.1, 0.15) is 12.4 Å².